The van der Waals surface area contributed by atoms with Gasteiger partial charge in [0.1, 0.15) is 12.3 Å². The van der Waals surface area contributed by atoms with Crippen molar-refractivity contribution < 1.29 is 14.0 Å². The number of aromatic nitrogens is 2. The molecule has 0 unspecified atom stereocenters. The van der Waals surface area contributed by atoms with Crippen molar-refractivity contribution in [2.24, 2.45) is 0 Å². The number of fused-ring (bicyclic) bond motifs is 1. The van der Waals surface area contributed by atoms with Crippen molar-refractivity contribution in [1.29, 1.82) is 0 Å². The third-order valence-corrected chi connectivity index (χ3v) is 3.31. The van der Waals surface area contributed by atoms with Crippen molar-refractivity contribution in [3.63, 3.8) is 0 Å². The number of para-hydroxylation sites is 2. The first-order valence-corrected chi connectivity index (χ1v) is 7.18. The molecule has 0 bridgehead atoms. The van der Waals surface area contributed by atoms with Gasteiger partial charge in [0.05, 0.1) is 30.0 Å². The molecule has 0 atom stereocenters. The summed E-state index contributed by atoms with van der Waals surface area (Å²) in [5, 5.41) is 4.66. The van der Waals surface area contributed by atoms with E-state index < -0.39 is 17.5 Å². The van der Waals surface area contributed by atoms with E-state index in [1.165, 1.54) is 10.8 Å². The first kappa shape index (κ1) is 15.5. The second-order valence-electron chi connectivity index (χ2n) is 4.98. The Bertz CT molecular complexity index is 931. The Kier molecular flexibility index (Phi) is 4.37. The van der Waals surface area contributed by atoms with Gasteiger partial charge in [-0.05, 0) is 24.3 Å². The standard InChI is InChI=1S/C16H14N4O4/c21-14(19-16(23)18-8-11-4-3-7-24-11)10-20-13-6-2-1-5-12(13)17-9-15(20)22/h1-7,9H,8,10H2,(H2,18,19,21,23). The number of nitrogens with zero attached hydrogens (tertiary/aromatic N) is 2. The first-order chi connectivity index (χ1) is 11.6. The van der Waals surface area contributed by atoms with Gasteiger partial charge in [0.2, 0.25) is 5.91 Å². The fraction of sp³-hybridized carbons (Fsp3) is 0.125. The summed E-state index contributed by atoms with van der Waals surface area (Å²) >= 11 is 0. The molecule has 0 aliphatic rings. The van der Waals surface area contributed by atoms with Crippen molar-refractivity contribution in [2.75, 3.05) is 0 Å². The van der Waals surface area contributed by atoms with Crippen LogP contribution in [-0.4, -0.2) is 21.5 Å². The molecule has 0 spiro atoms. The fourth-order valence-corrected chi connectivity index (χ4v) is 2.21. The molecule has 0 aliphatic heterocycles. The van der Waals surface area contributed by atoms with Gasteiger partial charge in [0, 0.05) is 0 Å². The van der Waals surface area contributed by atoms with E-state index in [1.807, 2.05) is 0 Å². The maximum absolute atomic E-state index is 12.0. The molecule has 0 saturated carbocycles. The van der Waals surface area contributed by atoms with Crippen LogP contribution in [0.15, 0.2) is 58.1 Å². The molecule has 0 fully saturated rings. The zero-order valence-corrected chi connectivity index (χ0v) is 12.6. The summed E-state index contributed by atoms with van der Waals surface area (Å²) in [4.78, 5) is 39.7. The fourth-order valence-electron chi connectivity index (χ4n) is 2.21. The van der Waals surface area contributed by atoms with Crippen LogP contribution in [0.4, 0.5) is 4.79 Å². The van der Waals surface area contributed by atoms with Crippen LogP contribution in [0.25, 0.3) is 11.0 Å². The Morgan fingerprint density at radius 3 is 2.79 bits per heavy atom. The van der Waals surface area contributed by atoms with E-state index in [9.17, 15) is 14.4 Å². The average molecular weight is 326 g/mol. The Morgan fingerprint density at radius 1 is 1.17 bits per heavy atom. The van der Waals surface area contributed by atoms with E-state index >= 15 is 0 Å². The molecular formula is C16H14N4O4. The lowest BCUT2D eigenvalue weighted by molar-refractivity contribution is -0.120. The number of hydrogen-bond donors (Lipinski definition) is 2. The number of carbonyl (C=O) groups excluding carboxylic acids is 2. The molecule has 1 aromatic carbocycles. The predicted molar refractivity (Wildman–Crippen MR) is 85.1 cm³/mol. The number of nitrogens with one attached hydrogen (secondary N) is 2. The molecule has 3 amide bonds. The molecular weight excluding hydrogens is 312 g/mol. The van der Waals surface area contributed by atoms with Gasteiger partial charge in [-0.15, -0.1) is 0 Å². The van der Waals surface area contributed by atoms with Crippen molar-refractivity contribution in [3.8, 4) is 0 Å². The molecule has 3 rings (SSSR count). The molecule has 0 aliphatic carbocycles. The summed E-state index contributed by atoms with van der Waals surface area (Å²) in [5.74, 6) is -0.0423. The zero-order valence-electron chi connectivity index (χ0n) is 12.6. The number of furan rings is 1. The minimum atomic E-state index is -0.664. The molecule has 0 radical (unpaired) electrons. The monoisotopic (exact) mass is 326 g/mol. The van der Waals surface area contributed by atoms with Gasteiger partial charge >= 0.3 is 6.03 Å². The predicted octanol–water partition coefficient (Wildman–Crippen LogP) is 1.02. The van der Waals surface area contributed by atoms with Gasteiger partial charge in [0.25, 0.3) is 5.56 Å². The third kappa shape index (κ3) is 3.49. The SMILES string of the molecule is O=C(Cn1c(=O)cnc2ccccc21)NC(=O)NCc1ccco1. The van der Waals surface area contributed by atoms with E-state index in [2.05, 4.69) is 15.6 Å². The van der Waals surface area contributed by atoms with E-state index in [1.54, 1.807) is 36.4 Å². The van der Waals surface area contributed by atoms with Crippen molar-refractivity contribution >= 4 is 23.0 Å². The highest BCUT2D eigenvalue weighted by Gasteiger charge is 2.11. The Labute approximate surface area is 136 Å². The molecule has 2 aromatic heterocycles. The molecule has 2 N–H and O–H groups in total. The summed E-state index contributed by atoms with van der Waals surface area (Å²) in [5.41, 5.74) is 0.697. The number of amides is 3. The van der Waals surface area contributed by atoms with Crippen LogP contribution in [0.5, 0.6) is 0 Å². The van der Waals surface area contributed by atoms with Crippen LogP contribution in [0.3, 0.4) is 0 Å². The van der Waals surface area contributed by atoms with E-state index in [0.717, 1.165) is 6.20 Å². The highest BCUT2D eigenvalue weighted by molar-refractivity contribution is 5.94. The highest BCUT2D eigenvalue weighted by atomic mass is 16.3. The number of rotatable bonds is 4. The highest BCUT2D eigenvalue weighted by Crippen LogP contribution is 2.07. The summed E-state index contributed by atoms with van der Waals surface area (Å²) in [6.45, 7) is -0.125. The molecule has 3 aromatic rings. The lowest BCUT2D eigenvalue weighted by atomic mass is 10.3. The number of hydrogen-bond acceptors (Lipinski definition) is 5. The largest absolute Gasteiger partial charge is 0.467 e. The van der Waals surface area contributed by atoms with Gasteiger partial charge in [-0.1, -0.05) is 12.1 Å². The van der Waals surface area contributed by atoms with Crippen LogP contribution >= 0.6 is 0 Å². The van der Waals surface area contributed by atoms with Gasteiger partial charge in [-0.3, -0.25) is 19.5 Å². The van der Waals surface area contributed by atoms with Crippen LogP contribution in [0.1, 0.15) is 5.76 Å². The number of benzene rings is 1. The Hall–Kier alpha value is -3.42. The molecule has 8 heteroatoms. The average Bonchev–Trinajstić information content (AvgIpc) is 3.09. The minimum absolute atomic E-state index is 0.157. The minimum Gasteiger partial charge on any atom is -0.467 e. The topological polar surface area (TPSA) is 106 Å². The van der Waals surface area contributed by atoms with E-state index in [0.29, 0.717) is 16.8 Å². The lowest BCUT2D eigenvalue weighted by Crippen LogP contribution is -2.41. The first-order valence-electron chi connectivity index (χ1n) is 7.18. The molecule has 122 valence electrons. The zero-order chi connectivity index (χ0) is 16.9. The maximum Gasteiger partial charge on any atom is 0.321 e. The number of carbonyl (C=O) groups is 2. The van der Waals surface area contributed by atoms with Gasteiger partial charge in [-0.2, -0.15) is 0 Å². The van der Waals surface area contributed by atoms with Gasteiger partial charge in [-0.25, -0.2) is 9.78 Å². The van der Waals surface area contributed by atoms with Crippen LogP contribution in [0.2, 0.25) is 0 Å². The molecule has 2 heterocycles. The summed E-state index contributed by atoms with van der Waals surface area (Å²) in [7, 11) is 0. The Morgan fingerprint density at radius 2 is 2.00 bits per heavy atom. The van der Waals surface area contributed by atoms with Crippen molar-refractivity contribution in [3.05, 3.63) is 65.0 Å². The van der Waals surface area contributed by atoms with E-state index in [-0.39, 0.29) is 13.1 Å². The smallest absolute Gasteiger partial charge is 0.321 e. The lowest BCUT2D eigenvalue weighted by Gasteiger charge is -2.09. The van der Waals surface area contributed by atoms with Crippen LogP contribution in [0, 0.1) is 0 Å². The molecule has 8 nitrogen and oxygen atoms in total. The number of imide groups is 1. The number of urea groups is 1. The van der Waals surface area contributed by atoms with Gasteiger partial charge < -0.3 is 9.73 Å². The van der Waals surface area contributed by atoms with Crippen molar-refractivity contribution in [1.82, 2.24) is 20.2 Å². The normalized spacial score (nSPS) is 10.5. The summed E-state index contributed by atoms with van der Waals surface area (Å²) < 4.78 is 6.33. The van der Waals surface area contributed by atoms with Gasteiger partial charge in [0.15, 0.2) is 0 Å². The second-order valence-corrected chi connectivity index (χ2v) is 4.98. The van der Waals surface area contributed by atoms with Crippen LogP contribution < -0.4 is 16.2 Å². The maximum atomic E-state index is 12.0. The van der Waals surface area contributed by atoms with Crippen molar-refractivity contribution in [2.45, 2.75) is 13.1 Å². The third-order valence-electron chi connectivity index (χ3n) is 3.31. The molecule has 24 heavy (non-hydrogen) atoms. The summed E-state index contributed by atoms with van der Waals surface area (Å²) in [6, 6.07) is 9.68. The Balaban J connectivity index is 1.66. The summed E-state index contributed by atoms with van der Waals surface area (Å²) in [6.07, 6.45) is 2.63. The molecule has 0 saturated heterocycles. The van der Waals surface area contributed by atoms with E-state index in [4.69, 9.17) is 4.42 Å². The quantitative estimate of drug-likeness (QED) is 0.744. The van der Waals surface area contributed by atoms with Crippen LogP contribution in [-0.2, 0) is 17.9 Å². The second kappa shape index (κ2) is 6.78.